The quantitative estimate of drug-likeness (QED) is 0.904. The van der Waals surface area contributed by atoms with Gasteiger partial charge in [0.1, 0.15) is 5.75 Å². The van der Waals surface area contributed by atoms with E-state index in [1.807, 2.05) is 44.2 Å². The van der Waals surface area contributed by atoms with Crippen LogP contribution >= 0.6 is 0 Å². The summed E-state index contributed by atoms with van der Waals surface area (Å²) in [4.78, 5) is 10.7. The molecule has 5 heteroatoms. The van der Waals surface area contributed by atoms with E-state index < -0.39 is 5.97 Å². The zero-order chi connectivity index (χ0) is 14.5. The van der Waals surface area contributed by atoms with Crippen LogP contribution in [0.25, 0.3) is 12.2 Å². The third kappa shape index (κ3) is 3.71. The van der Waals surface area contributed by atoms with Crippen molar-refractivity contribution in [2.24, 2.45) is 0 Å². The van der Waals surface area contributed by atoms with Gasteiger partial charge < -0.3 is 14.4 Å². The fourth-order valence-electron chi connectivity index (χ4n) is 1.58. The Balaban J connectivity index is 2.05. The molecule has 0 saturated heterocycles. The molecule has 0 atom stereocenters. The SMILES string of the molecule is CC(C)Oc1ccc(/C=C/c2cc(C(=O)O)no2)cc1. The number of ether oxygens (including phenoxy) is 1. The maximum Gasteiger partial charge on any atom is 0.358 e. The maximum absolute atomic E-state index is 10.7. The standard InChI is InChI=1S/C15H15NO4/c1-10(2)19-12-6-3-11(4-7-12)5-8-13-9-14(15(17)18)16-20-13/h3-10H,1-2H3,(H,17,18)/b8-5+. The summed E-state index contributed by atoms with van der Waals surface area (Å²) in [6.07, 6.45) is 3.61. The number of carboxylic acids is 1. The van der Waals surface area contributed by atoms with E-state index in [-0.39, 0.29) is 11.8 Å². The van der Waals surface area contributed by atoms with Gasteiger partial charge in [0, 0.05) is 6.07 Å². The molecule has 1 heterocycles. The van der Waals surface area contributed by atoms with E-state index in [1.54, 1.807) is 6.08 Å². The van der Waals surface area contributed by atoms with Gasteiger partial charge in [0.2, 0.25) is 0 Å². The molecule has 0 fully saturated rings. The second kappa shape index (κ2) is 6.06. The molecule has 0 saturated carbocycles. The van der Waals surface area contributed by atoms with Crippen molar-refractivity contribution >= 4 is 18.1 Å². The molecular weight excluding hydrogens is 258 g/mol. The third-order valence-electron chi connectivity index (χ3n) is 2.44. The van der Waals surface area contributed by atoms with Crippen molar-refractivity contribution in [3.63, 3.8) is 0 Å². The molecule has 1 aromatic heterocycles. The van der Waals surface area contributed by atoms with Crippen LogP contribution in [-0.4, -0.2) is 22.3 Å². The van der Waals surface area contributed by atoms with Gasteiger partial charge >= 0.3 is 5.97 Å². The Morgan fingerprint density at radius 2 is 2.00 bits per heavy atom. The summed E-state index contributed by atoms with van der Waals surface area (Å²) in [5, 5.41) is 12.2. The van der Waals surface area contributed by atoms with Crippen LogP contribution in [0.15, 0.2) is 34.9 Å². The third-order valence-corrected chi connectivity index (χ3v) is 2.44. The molecule has 0 aliphatic rings. The number of benzene rings is 1. The molecule has 0 bridgehead atoms. The van der Waals surface area contributed by atoms with Crippen LogP contribution in [0.2, 0.25) is 0 Å². The maximum atomic E-state index is 10.7. The first-order chi connectivity index (χ1) is 9.54. The number of nitrogens with zero attached hydrogens (tertiary/aromatic N) is 1. The first kappa shape index (κ1) is 13.9. The number of carbonyl (C=O) groups is 1. The van der Waals surface area contributed by atoms with Crippen molar-refractivity contribution in [1.82, 2.24) is 5.16 Å². The molecule has 0 aliphatic carbocycles. The summed E-state index contributed by atoms with van der Waals surface area (Å²) in [5.74, 6) is 0.0958. The Morgan fingerprint density at radius 1 is 1.30 bits per heavy atom. The van der Waals surface area contributed by atoms with Crippen LogP contribution in [0.4, 0.5) is 0 Å². The van der Waals surface area contributed by atoms with Crippen molar-refractivity contribution in [2.75, 3.05) is 0 Å². The second-order valence-electron chi connectivity index (χ2n) is 4.49. The molecule has 2 aromatic rings. The van der Waals surface area contributed by atoms with Crippen molar-refractivity contribution in [3.05, 3.63) is 47.3 Å². The van der Waals surface area contributed by atoms with Crippen molar-refractivity contribution in [1.29, 1.82) is 0 Å². The fraction of sp³-hybridized carbons (Fsp3) is 0.200. The van der Waals surface area contributed by atoms with Crippen molar-refractivity contribution in [3.8, 4) is 5.75 Å². The number of rotatable bonds is 5. The predicted octanol–water partition coefficient (Wildman–Crippen LogP) is 3.33. The lowest BCUT2D eigenvalue weighted by Gasteiger charge is -2.09. The summed E-state index contributed by atoms with van der Waals surface area (Å²) < 4.78 is 10.4. The summed E-state index contributed by atoms with van der Waals surface area (Å²) in [7, 11) is 0. The van der Waals surface area contributed by atoms with Gasteiger partial charge in [-0.2, -0.15) is 0 Å². The highest BCUT2D eigenvalue weighted by Gasteiger charge is 2.08. The summed E-state index contributed by atoms with van der Waals surface area (Å²) in [5.41, 5.74) is 0.847. The van der Waals surface area contributed by atoms with Crippen LogP contribution < -0.4 is 4.74 Å². The van der Waals surface area contributed by atoms with Crippen molar-refractivity contribution in [2.45, 2.75) is 20.0 Å². The minimum absolute atomic E-state index is 0.106. The molecule has 0 spiro atoms. The Morgan fingerprint density at radius 3 is 2.55 bits per heavy atom. The van der Waals surface area contributed by atoms with E-state index in [0.29, 0.717) is 5.76 Å². The molecule has 20 heavy (non-hydrogen) atoms. The Bertz CT molecular complexity index is 611. The number of hydrogen-bond donors (Lipinski definition) is 1. The summed E-state index contributed by atoms with van der Waals surface area (Å²) in [6, 6.07) is 8.94. The van der Waals surface area contributed by atoms with Gasteiger partial charge in [0.05, 0.1) is 6.10 Å². The average molecular weight is 273 g/mol. The Hall–Kier alpha value is -2.56. The molecule has 0 unspecified atom stereocenters. The van der Waals surface area contributed by atoms with Gasteiger partial charge in [-0.15, -0.1) is 0 Å². The average Bonchev–Trinajstić information content (AvgIpc) is 2.86. The van der Waals surface area contributed by atoms with Gasteiger partial charge in [-0.25, -0.2) is 4.79 Å². The minimum atomic E-state index is -1.11. The fourth-order valence-corrected chi connectivity index (χ4v) is 1.58. The highest BCUT2D eigenvalue weighted by molar-refractivity contribution is 5.86. The van der Waals surface area contributed by atoms with E-state index >= 15 is 0 Å². The van der Waals surface area contributed by atoms with Gasteiger partial charge in [-0.1, -0.05) is 23.4 Å². The number of carboxylic acid groups (broad SMARTS) is 1. The van der Waals surface area contributed by atoms with E-state index in [9.17, 15) is 4.79 Å². The highest BCUT2D eigenvalue weighted by Crippen LogP contribution is 2.16. The molecule has 5 nitrogen and oxygen atoms in total. The zero-order valence-corrected chi connectivity index (χ0v) is 11.2. The first-order valence-electron chi connectivity index (χ1n) is 6.19. The van der Waals surface area contributed by atoms with E-state index in [1.165, 1.54) is 6.07 Å². The van der Waals surface area contributed by atoms with Gasteiger partial charge in [-0.05, 0) is 37.6 Å². The summed E-state index contributed by atoms with van der Waals surface area (Å²) >= 11 is 0. The molecule has 0 radical (unpaired) electrons. The molecule has 0 aliphatic heterocycles. The highest BCUT2D eigenvalue weighted by atomic mass is 16.5. The molecule has 0 amide bonds. The van der Waals surface area contributed by atoms with Gasteiger partial charge in [0.25, 0.3) is 0 Å². The topological polar surface area (TPSA) is 72.6 Å². The van der Waals surface area contributed by atoms with Gasteiger partial charge in [-0.3, -0.25) is 0 Å². The molecule has 2 rings (SSSR count). The summed E-state index contributed by atoms with van der Waals surface area (Å²) in [6.45, 7) is 3.94. The normalized spacial score (nSPS) is 11.2. The monoisotopic (exact) mass is 273 g/mol. The van der Waals surface area contributed by atoms with Crippen LogP contribution in [0, 0.1) is 0 Å². The van der Waals surface area contributed by atoms with E-state index in [4.69, 9.17) is 14.4 Å². The lowest BCUT2D eigenvalue weighted by Crippen LogP contribution is -2.05. The number of aromatic carboxylic acids is 1. The predicted molar refractivity (Wildman–Crippen MR) is 74.6 cm³/mol. The number of hydrogen-bond acceptors (Lipinski definition) is 4. The van der Waals surface area contributed by atoms with Crippen LogP contribution in [0.3, 0.4) is 0 Å². The van der Waals surface area contributed by atoms with Crippen LogP contribution in [0.5, 0.6) is 5.75 Å². The molecule has 104 valence electrons. The molecular formula is C15H15NO4. The number of aromatic nitrogens is 1. The largest absolute Gasteiger partial charge is 0.491 e. The Labute approximate surface area is 116 Å². The second-order valence-corrected chi connectivity index (χ2v) is 4.49. The smallest absolute Gasteiger partial charge is 0.358 e. The van der Waals surface area contributed by atoms with Crippen LogP contribution in [-0.2, 0) is 0 Å². The first-order valence-corrected chi connectivity index (χ1v) is 6.19. The van der Waals surface area contributed by atoms with Gasteiger partial charge in [0.15, 0.2) is 11.5 Å². The van der Waals surface area contributed by atoms with E-state index in [2.05, 4.69) is 5.16 Å². The molecule has 1 N–H and O–H groups in total. The van der Waals surface area contributed by atoms with Crippen LogP contribution in [0.1, 0.15) is 35.7 Å². The minimum Gasteiger partial charge on any atom is -0.491 e. The zero-order valence-electron chi connectivity index (χ0n) is 11.2. The lowest BCUT2D eigenvalue weighted by atomic mass is 10.2. The molecule has 1 aromatic carbocycles. The van der Waals surface area contributed by atoms with Crippen molar-refractivity contribution < 1.29 is 19.2 Å². The lowest BCUT2D eigenvalue weighted by molar-refractivity contribution is 0.0685. The van der Waals surface area contributed by atoms with E-state index in [0.717, 1.165) is 11.3 Å². The Kier molecular flexibility index (Phi) is 4.20.